The van der Waals surface area contributed by atoms with E-state index in [1.54, 1.807) is 0 Å². The molecule has 1 saturated heterocycles. The van der Waals surface area contributed by atoms with Crippen molar-refractivity contribution in [3.05, 3.63) is 0 Å². The summed E-state index contributed by atoms with van der Waals surface area (Å²) < 4.78 is 0. The lowest BCUT2D eigenvalue weighted by molar-refractivity contribution is -0.129. The van der Waals surface area contributed by atoms with E-state index in [0.717, 1.165) is 37.4 Å². The maximum Gasteiger partial charge on any atom is 0.238 e. The lowest BCUT2D eigenvalue weighted by atomic mass is 9.53. The van der Waals surface area contributed by atoms with Crippen LogP contribution in [0.5, 0.6) is 0 Å². The second kappa shape index (κ2) is 4.45. The first kappa shape index (κ1) is 12.2. The van der Waals surface area contributed by atoms with Crippen LogP contribution in [0.1, 0.15) is 38.5 Å². The van der Waals surface area contributed by atoms with Gasteiger partial charge >= 0.3 is 0 Å². The van der Waals surface area contributed by atoms with Gasteiger partial charge in [0.05, 0.1) is 6.04 Å². The fourth-order valence-electron chi connectivity index (χ4n) is 5.45. The smallest absolute Gasteiger partial charge is 0.238 e. The molecule has 3 N–H and O–H groups in total. The van der Waals surface area contributed by atoms with Crippen LogP contribution in [-0.2, 0) is 4.79 Å². The quantitative estimate of drug-likeness (QED) is 0.685. The van der Waals surface area contributed by atoms with E-state index in [2.05, 4.69) is 16.0 Å². The molecule has 4 nitrogen and oxygen atoms in total. The SMILES string of the molecule is O=C(NC12CC3CC(CC(C3)C1)C2)C1CNCCN1. The van der Waals surface area contributed by atoms with Crippen LogP contribution in [-0.4, -0.2) is 37.1 Å². The van der Waals surface area contributed by atoms with Gasteiger partial charge in [0.15, 0.2) is 0 Å². The Morgan fingerprint density at radius 2 is 1.63 bits per heavy atom. The van der Waals surface area contributed by atoms with E-state index in [1.165, 1.54) is 38.5 Å². The Labute approximate surface area is 115 Å². The molecule has 5 aliphatic rings. The minimum absolute atomic E-state index is 0.0262. The van der Waals surface area contributed by atoms with Gasteiger partial charge in [-0.15, -0.1) is 0 Å². The first-order valence-electron chi connectivity index (χ1n) is 7.99. The summed E-state index contributed by atoms with van der Waals surface area (Å²) in [4.78, 5) is 12.5. The minimum Gasteiger partial charge on any atom is -0.349 e. The van der Waals surface area contributed by atoms with Crippen molar-refractivity contribution in [2.75, 3.05) is 19.6 Å². The molecule has 4 bridgehead atoms. The van der Waals surface area contributed by atoms with Gasteiger partial charge in [-0.05, 0) is 56.3 Å². The molecule has 4 aliphatic carbocycles. The van der Waals surface area contributed by atoms with Gasteiger partial charge in [-0.25, -0.2) is 0 Å². The van der Waals surface area contributed by atoms with Crippen LogP contribution in [0.15, 0.2) is 0 Å². The van der Waals surface area contributed by atoms with Crippen LogP contribution in [0.2, 0.25) is 0 Å². The zero-order chi connectivity index (χ0) is 12.9. The van der Waals surface area contributed by atoms with Crippen molar-refractivity contribution in [2.45, 2.75) is 50.1 Å². The summed E-state index contributed by atoms with van der Waals surface area (Å²) in [5.74, 6) is 2.91. The number of carbonyl (C=O) groups excluding carboxylic acids is 1. The molecule has 0 aromatic rings. The molecule has 4 heteroatoms. The summed E-state index contributed by atoms with van der Waals surface area (Å²) in [6, 6.07) is -0.0262. The van der Waals surface area contributed by atoms with E-state index < -0.39 is 0 Å². The number of carbonyl (C=O) groups is 1. The summed E-state index contributed by atoms with van der Waals surface area (Å²) in [5, 5.41) is 10.1. The zero-order valence-electron chi connectivity index (χ0n) is 11.6. The summed E-state index contributed by atoms with van der Waals surface area (Å²) in [6.45, 7) is 2.65. The van der Waals surface area contributed by atoms with Crippen LogP contribution in [0.25, 0.3) is 0 Å². The average molecular weight is 263 g/mol. The number of amides is 1. The van der Waals surface area contributed by atoms with Crippen LogP contribution < -0.4 is 16.0 Å². The normalized spacial score (nSPS) is 48.2. The van der Waals surface area contributed by atoms with Crippen molar-refractivity contribution in [1.29, 1.82) is 0 Å². The molecule has 5 rings (SSSR count). The Morgan fingerprint density at radius 3 is 2.16 bits per heavy atom. The number of hydrogen-bond donors (Lipinski definition) is 3. The Kier molecular flexibility index (Phi) is 2.85. The monoisotopic (exact) mass is 263 g/mol. The third-order valence-electron chi connectivity index (χ3n) is 5.78. The first-order valence-corrected chi connectivity index (χ1v) is 7.99. The molecule has 1 amide bonds. The fraction of sp³-hybridized carbons (Fsp3) is 0.933. The van der Waals surface area contributed by atoms with Crippen molar-refractivity contribution < 1.29 is 4.79 Å². The molecule has 0 radical (unpaired) electrons. The lowest BCUT2D eigenvalue weighted by Crippen LogP contribution is -2.64. The first-order chi connectivity index (χ1) is 9.22. The van der Waals surface area contributed by atoms with Gasteiger partial charge in [-0.1, -0.05) is 0 Å². The maximum absolute atomic E-state index is 12.5. The van der Waals surface area contributed by atoms with Gasteiger partial charge in [0.2, 0.25) is 5.91 Å². The fourth-order valence-corrected chi connectivity index (χ4v) is 5.45. The van der Waals surface area contributed by atoms with Crippen molar-refractivity contribution in [3.8, 4) is 0 Å². The van der Waals surface area contributed by atoms with Gasteiger partial charge in [0.1, 0.15) is 0 Å². The molecular formula is C15H25N3O. The molecule has 0 aromatic heterocycles. The zero-order valence-corrected chi connectivity index (χ0v) is 11.6. The van der Waals surface area contributed by atoms with Crippen LogP contribution in [0, 0.1) is 17.8 Å². The molecule has 4 saturated carbocycles. The number of hydrogen-bond acceptors (Lipinski definition) is 3. The van der Waals surface area contributed by atoms with Gasteiger partial charge in [0, 0.05) is 25.2 Å². The molecule has 106 valence electrons. The van der Waals surface area contributed by atoms with Gasteiger partial charge in [-0.2, -0.15) is 0 Å². The Bertz CT molecular complexity index is 340. The highest BCUT2D eigenvalue weighted by Crippen LogP contribution is 2.55. The van der Waals surface area contributed by atoms with Crippen LogP contribution >= 0.6 is 0 Å². The van der Waals surface area contributed by atoms with Crippen molar-refractivity contribution in [1.82, 2.24) is 16.0 Å². The molecule has 19 heavy (non-hydrogen) atoms. The standard InChI is InChI=1S/C15H25N3O/c19-14(13-9-16-1-2-17-13)18-15-6-10-3-11(7-15)5-12(4-10)8-15/h10-13,16-17H,1-9H2,(H,18,19). The maximum atomic E-state index is 12.5. The van der Waals surface area contributed by atoms with E-state index in [1.807, 2.05) is 0 Å². The van der Waals surface area contributed by atoms with Gasteiger partial charge in [0.25, 0.3) is 0 Å². The topological polar surface area (TPSA) is 53.2 Å². The lowest BCUT2D eigenvalue weighted by Gasteiger charge is -2.57. The second-order valence-electron chi connectivity index (χ2n) is 7.40. The molecule has 1 unspecified atom stereocenters. The predicted octanol–water partition coefficient (Wildman–Crippen LogP) is 0.633. The van der Waals surface area contributed by atoms with Gasteiger partial charge in [-0.3, -0.25) is 4.79 Å². The summed E-state index contributed by atoms with van der Waals surface area (Å²) >= 11 is 0. The molecule has 1 atom stereocenters. The van der Waals surface area contributed by atoms with Gasteiger partial charge < -0.3 is 16.0 Å². The Balaban J connectivity index is 1.45. The molecule has 0 aromatic carbocycles. The Morgan fingerprint density at radius 1 is 1.00 bits per heavy atom. The number of piperazine rings is 1. The molecule has 0 spiro atoms. The van der Waals surface area contributed by atoms with Crippen molar-refractivity contribution in [2.24, 2.45) is 17.8 Å². The minimum atomic E-state index is -0.0262. The number of rotatable bonds is 2. The predicted molar refractivity (Wildman–Crippen MR) is 73.7 cm³/mol. The van der Waals surface area contributed by atoms with Crippen molar-refractivity contribution in [3.63, 3.8) is 0 Å². The van der Waals surface area contributed by atoms with Crippen LogP contribution in [0.3, 0.4) is 0 Å². The highest BCUT2D eigenvalue weighted by Gasteiger charge is 2.51. The molecular weight excluding hydrogens is 238 g/mol. The third kappa shape index (κ3) is 2.19. The molecule has 1 heterocycles. The van der Waals surface area contributed by atoms with E-state index in [-0.39, 0.29) is 17.5 Å². The van der Waals surface area contributed by atoms with E-state index in [9.17, 15) is 4.79 Å². The highest BCUT2D eigenvalue weighted by molar-refractivity contribution is 5.83. The second-order valence-corrected chi connectivity index (χ2v) is 7.40. The highest BCUT2D eigenvalue weighted by atomic mass is 16.2. The van der Waals surface area contributed by atoms with E-state index >= 15 is 0 Å². The summed E-state index contributed by atoms with van der Waals surface area (Å²) in [7, 11) is 0. The number of nitrogens with one attached hydrogen (secondary N) is 3. The molecule has 1 aliphatic heterocycles. The largest absolute Gasteiger partial charge is 0.349 e. The third-order valence-corrected chi connectivity index (χ3v) is 5.78. The van der Waals surface area contributed by atoms with Crippen LogP contribution in [0.4, 0.5) is 0 Å². The van der Waals surface area contributed by atoms with Crippen molar-refractivity contribution >= 4 is 5.91 Å². The van der Waals surface area contributed by atoms with E-state index in [4.69, 9.17) is 0 Å². The summed E-state index contributed by atoms with van der Waals surface area (Å²) in [5.41, 5.74) is 0.158. The summed E-state index contributed by atoms with van der Waals surface area (Å²) in [6.07, 6.45) is 8.01. The molecule has 5 fully saturated rings. The Hall–Kier alpha value is -0.610. The average Bonchev–Trinajstić information content (AvgIpc) is 2.37. The van der Waals surface area contributed by atoms with E-state index in [0.29, 0.717) is 0 Å².